The number of rotatable bonds is 7. The van der Waals surface area contributed by atoms with Crippen LogP contribution >= 0.6 is 0 Å². The normalized spacial score (nSPS) is 26.1. The summed E-state index contributed by atoms with van der Waals surface area (Å²) >= 11 is 0. The third-order valence-electron chi connectivity index (χ3n) is 4.49. The van der Waals surface area contributed by atoms with E-state index in [4.69, 9.17) is 14.2 Å². The molecule has 4 heteroatoms. The number of esters is 1. The number of benzene rings is 1. The summed E-state index contributed by atoms with van der Waals surface area (Å²) in [6, 6.07) is 10.2. The molecule has 0 amide bonds. The second-order valence-electron chi connectivity index (χ2n) is 6.90. The van der Waals surface area contributed by atoms with E-state index in [2.05, 4.69) is 39.0 Å². The zero-order chi connectivity index (χ0) is 18.2. The van der Waals surface area contributed by atoms with Gasteiger partial charge in [0.1, 0.15) is 0 Å². The molecule has 4 atom stereocenters. The van der Waals surface area contributed by atoms with Gasteiger partial charge in [-0.2, -0.15) is 0 Å². The summed E-state index contributed by atoms with van der Waals surface area (Å²) in [5, 5.41) is 0. The lowest BCUT2D eigenvalue weighted by Gasteiger charge is -2.39. The molecule has 0 aromatic heterocycles. The van der Waals surface area contributed by atoms with Crippen LogP contribution in [0.15, 0.2) is 42.0 Å². The van der Waals surface area contributed by atoms with Crippen LogP contribution in [-0.2, 0) is 25.6 Å². The van der Waals surface area contributed by atoms with Gasteiger partial charge in [-0.3, -0.25) is 4.79 Å². The lowest BCUT2D eigenvalue weighted by Crippen LogP contribution is -2.44. The summed E-state index contributed by atoms with van der Waals surface area (Å²) in [6.45, 7) is 9.00. The molecule has 25 heavy (non-hydrogen) atoms. The molecular formula is C21H30O4. The first-order valence-electron chi connectivity index (χ1n) is 9.11. The molecule has 1 aromatic rings. The van der Waals surface area contributed by atoms with Gasteiger partial charge in [0.25, 0.3) is 0 Å². The molecule has 138 valence electrons. The predicted octanol–water partition coefficient (Wildman–Crippen LogP) is 4.28. The number of hydrogen-bond acceptors (Lipinski definition) is 4. The minimum Gasteiger partial charge on any atom is -0.466 e. The van der Waals surface area contributed by atoms with Gasteiger partial charge in [-0.1, -0.05) is 48.9 Å². The summed E-state index contributed by atoms with van der Waals surface area (Å²) in [4.78, 5) is 11.9. The van der Waals surface area contributed by atoms with Crippen molar-refractivity contribution in [2.45, 2.75) is 65.5 Å². The summed E-state index contributed by atoms with van der Waals surface area (Å²) in [7, 11) is 0. The van der Waals surface area contributed by atoms with Crippen molar-refractivity contribution >= 4 is 5.97 Å². The van der Waals surface area contributed by atoms with Crippen LogP contribution in [0.4, 0.5) is 0 Å². The molecule has 0 unspecified atom stereocenters. The van der Waals surface area contributed by atoms with Crippen LogP contribution in [0.1, 0.15) is 46.1 Å². The van der Waals surface area contributed by atoms with Gasteiger partial charge in [0.15, 0.2) is 0 Å². The van der Waals surface area contributed by atoms with Crippen LogP contribution in [0.5, 0.6) is 0 Å². The summed E-state index contributed by atoms with van der Waals surface area (Å²) in [5.74, 6) is -0.0751. The van der Waals surface area contributed by atoms with E-state index in [-0.39, 0.29) is 36.6 Å². The largest absolute Gasteiger partial charge is 0.466 e. The van der Waals surface area contributed by atoms with Gasteiger partial charge < -0.3 is 14.2 Å². The first-order chi connectivity index (χ1) is 12.0. The van der Waals surface area contributed by atoms with E-state index in [9.17, 15) is 4.79 Å². The Hall–Kier alpha value is -1.65. The lowest BCUT2D eigenvalue weighted by molar-refractivity contribution is -0.162. The SMILES string of the molecule is CCOC(=O)C[C@@H]1O[C@H](C=C(C)C)C[C@H](OCc2ccccc2)[C@@H]1C. The third-order valence-corrected chi connectivity index (χ3v) is 4.49. The van der Waals surface area contributed by atoms with Gasteiger partial charge in [-0.15, -0.1) is 0 Å². The highest BCUT2D eigenvalue weighted by Gasteiger charge is 2.37. The summed E-state index contributed by atoms with van der Waals surface area (Å²) < 4.78 is 17.5. The van der Waals surface area contributed by atoms with Crippen LogP contribution in [0, 0.1) is 5.92 Å². The van der Waals surface area contributed by atoms with Crippen molar-refractivity contribution in [2.75, 3.05) is 6.61 Å². The number of carbonyl (C=O) groups is 1. The highest BCUT2D eigenvalue weighted by molar-refractivity contribution is 5.70. The van der Waals surface area contributed by atoms with E-state index < -0.39 is 0 Å². The lowest BCUT2D eigenvalue weighted by atomic mass is 9.88. The van der Waals surface area contributed by atoms with Crippen molar-refractivity contribution in [3.63, 3.8) is 0 Å². The van der Waals surface area contributed by atoms with Crippen LogP contribution in [0.25, 0.3) is 0 Å². The van der Waals surface area contributed by atoms with Crippen molar-refractivity contribution in [2.24, 2.45) is 5.92 Å². The fourth-order valence-electron chi connectivity index (χ4n) is 3.18. The van der Waals surface area contributed by atoms with Crippen LogP contribution in [0.3, 0.4) is 0 Å². The quantitative estimate of drug-likeness (QED) is 0.546. The van der Waals surface area contributed by atoms with Crippen molar-refractivity contribution in [3.8, 4) is 0 Å². The molecule has 1 aliphatic heterocycles. The minimum atomic E-state index is -0.209. The Kier molecular flexibility index (Phi) is 7.66. The Bertz CT molecular complexity index is 563. The molecule has 1 fully saturated rings. The van der Waals surface area contributed by atoms with Gasteiger partial charge in [0.2, 0.25) is 0 Å². The summed E-state index contributed by atoms with van der Waals surface area (Å²) in [6.07, 6.45) is 3.03. The van der Waals surface area contributed by atoms with Gasteiger partial charge in [0.05, 0.1) is 37.9 Å². The second kappa shape index (κ2) is 9.73. The van der Waals surface area contributed by atoms with E-state index in [1.54, 1.807) is 0 Å². The molecule has 1 aliphatic rings. The molecule has 1 aromatic carbocycles. The van der Waals surface area contributed by atoms with Crippen molar-refractivity contribution in [1.82, 2.24) is 0 Å². The smallest absolute Gasteiger partial charge is 0.308 e. The zero-order valence-corrected chi connectivity index (χ0v) is 15.7. The minimum absolute atomic E-state index is 0.0265. The van der Waals surface area contributed by atoms with Crippen LogP contribution in [-0.4, -0.2) is 30.9 Å². The number of allylic oxidation sites excluding steroid dienone is 1. The molecule has 2 rings (SSSR count). The highest BCUT2D eigenvalue weighted by atomic mass is 16.5. The molecule has 0 N–H and O–H groups in total. The fraction of sp³-hybridized carbons (Fsp3) is 0.571. The number of hydrogen-bond donors (Lipinski definition) is 0. The molecule has 0 radical (unpaired) electrons. The Morgan fingerprint density at radius 2 is 2.00 bits per heavy atom. The van der Waals surface area contributed by atoms with Gasteiger partial charge in [-0.25, -0.2) is 0 Å². The average Bonchev–Trinajstić information content (AvgIpc) is 2.57. The maximum absolute atomic E-state index is 11.9. The Balaban J connectivity index is 2.04. The monoisotopic (exact) mass is 346 g/mol. The van der Waals surface area contributed by atoms with Gasteiger partial charge in [-0.05, 0) is 26.3 Å². The molecule has 0 aliphatic carbocycles. The fourth-order valence-corrected chi connectivity index (χ4v) is 3.18. The standard InChI is InChI=1S/C21H30O4/c1-5-23-21(22)13-20-16(4)19(12-18(25-20)11-15(2)3)24-14-17-9-7-6-8-10-17/h6-11,16,18-20H,5,12-14H2,1-4H3/t16-,18+,19-,20-/m0/s1. The second-order valence-corrected chi connectivity index (χ2v) is 6.90. The Morgan fingerprint density at radius 3 is 2.64 bits per heavy atom. The Labute approximate surface area is 151 Å². The molecule has 1 heterocycles. The average molecular weight is 346 g/mol. The molecule has 0 saturated carbocycles. The predicted molar refractivity (Wildman–Crippen MR) is 98.1 cm³/mol. The van der Waals surface area contributed by atoms with E-state index in [0.29, 0.717) is 13.2 Å². The maximum atomic E-state index is 11.9. The maximum Gasteiger partial charge on any atom is 0.308 e. The van der Waals surface area contributed by atoms with Crippen molar-refractivity contribution in [3.05, 3.63) is 47.5 Å². The molecule has 1 saturated heterocycles. The van der Waals surface area contributed by atoms with Gasteiger partial charge >= 0.3 is 5.97 Å². The van der Waals surface area contributed by atoms with Crippen LogP contribution in [0.2, 0.25) is 0 Å². The van der Waals surface area contributed by atoms with E-state index in [1.165, 1.54) is 5.57 Å². The molecule has 4 nitrogen and oxygen atoms in total. The molecule has 0 spiro atoms. The number of carbonyl (C=O) groups excluding carboxylic acids is 1. The van der Waals surface area contributed by atoms with Crippen LogP contribution < -0.4 is 0 Å². The Morgan fingerprint density at radius 1 is 1.28 bits per heavy atom. The molecule has 0 bridgehead atoms. The topological polar surface area (TPSA) is 44.8 Å². The first-order valence-corrected chi connectivity index (χ1v) is 9.11. The van der Waals surface area contributed by atoms with Gasteiger partial charge in [0, 0.05) is 12.3 Å². The number of ether oxygens (including phenoxy) is 3. The zero-order valence-electron chi connectivity index (χ0n) is 15.7. The van der Waals surface area contributed by atoms with E-state index in [0.717, 1.165) is 12.0 Å². The first kappa shape index (κ1) is 19.7. The molecular weight excluding hydrogens is 316 g/mol. The summed E-state index contributed by atoms with van der Waals surface area (Å²) in [5.41, 5.74) is 2.36. The van der Waals surface area contributed by atoms with E-state index >= 15 is 0 Å². The van der Waals surface area contributed by atoms with Crippen molar-refractivity contribution in [1.29, 1.82) is 0 Å². The third kappa shape index (κ3) is 6.29. The highest BCUT2D eigenvalue weighted by Crippen LogP contribution is 2.31. The van der Waals surface area contributed by atoms with E-state index in [1.807, 2.05) is 25.1 Å². The van der Waals surface area contributed by atoms with Crippen molar-refractivity contribution < 1.29 is 19.0 Å².